The van der Waals surface area contributed by atoms with Gasteiger partial charge < -0.3 is 4.90 Å². The number of hydrogen-bond donors (Lipinski definition) is 0. The number of benzene rings is 2. The SMILES string of the molecule is CC(=O)N1CC2(CCN(C/C=C/c3ccc(Cl)cc3)CC2)c2cc(Cl)ccc21. The summed E-state index contributed by atoms with van der Waals surface area (Å²) in [6.07, 6.45) is 6.43. The molecule has 3 nitrogen and oxygen atoms in total. The van der Waals surface area contributed by atoms with Crippen LogP contribution in [0.2, 0.25) is 10.0 Å². The van der Waals surface area contributed by atoms with Crippen LogP contribution in [0.4, 0.5) is 5.69 Å². The summed E-state index contributed by atoms with van der Waals surface area (Å²) in [6.45, 7) is 5.38. The molecule has 0 bridgehead atoms. The quantitative estimate of drug-likeness (QED) is 0.670. The zero-order valence-electron chi connectivity index (χ0n) is 16.0. The minimum Gasteiger partial charge on any atom is -0.311 e. The first-order valence-corrected chi connectivity index (χ1v) is 10.5. The number of rotatable bonds is 3. The van der Waals surface area contributed by atoms with E-state index in [-0.39, 0.29) is 11.3 Å². The monoisotopic (exact) mass is 414 g/mol. The summed E-state index contributed by atoms with van der Waals surface area (Å²) < 4.78 is 0. The molecule has 1 fully saturated rings. The number of halogens is 2. The third kappa shape index (κ3) is 3.84. The van der Waals surface area contributed by atoms with Crippen molar-refractivity contribution in [3.8, 4) is 0 Å². The molecule has 4 rings (SSSR count). The van der Waals surface area contributed by atoms with Gasteiger partial charge in [0.2, 0.25) is 5.91 Å². The molecule has 146 valence electrons. The highest BCUT2D eigenvalue weighted by molar-refractivity contribution is 6.31. The third-order valence-electron chi connectivity index (χ3n) is 6.02. The van der Waals surface area contributed by atoms with Crippen LogP contribution >= 0.6 is 23.2 Å². The highest BCUT2D eigenvalue weighted by Gasteiger charge is 2.45. The maximum Gasteiger partial charge on any atom is 0.223 e. The first kappa shape index (κ1) is 19.5. The predicted molar refractivity (Wildman–Crippen MR) is 117 cm³/mol. The Morgan fingerprint density at radius 2 is 1.75 bits per heavy atom. The van der Waals surface area contributed by atoms with Crippen LogP contribution < -0.4 is 4.90 Å². The van der Waals surface area contributed by atoms with Gasteiger partial charge in [-0.2, -0.15) is 0 Å². The number of carbonyl (C=O) groups excluding carboxylic acids is 1. The Labute approximate surface area is 176 Å². The molecule has 0 radical (unpaired) electrons. The van der Waals surface area contributed by atoms with E-state index in [4.69, 9.17) is 23.2 Å². The van der Waals surface area contributed by atoms with Crippen molar-refractivity contribution in [2.24, 2.45) is 0 Å². The van der Waals surface area contributed by atoms with Crippen LogP contribution in [-0.2, 0) is 10.2 Å². The molecule has 1 saturated heterocycles. The van der Waals surface area contributed by atoms with Gasteiger partial charge in [0, 0.05) is 41.2 Å². The van der Waals surface area contributed by atoms with Crippen LogP contribution in [0, 0.1) is 0 Å². The molecule has 1 amide bonds. The van der Waals surface area contributed by atoms with Crippen LogP contribution in [0.15, 0.2) is 48.5 Å². The van der Waals surface area contributed by atoms with Gasteiger partial charge in [-0.1, -0.05) is 47.5 Å². The fourth-order valence-electron chi connectivity index (χ4n) is 4.43. The second-order valence-corrected chi connectivity index (χ2v) is 8.67. The normalized spacial score (nSPS) is 18.8. The number of hydrogen-bond acceptors (Lipinski definition) is 2. The average Bonchev–Trinajstić information content (AvgIpc) is 2.99. The van der Waals surface area contributed by atoms with Crippen LogP contribution in [0.5, 0.6) is 0 Å². The molecule has 2 aliphatic heterocycles. The molecule has 28 heavy (non-hydrogen) atoms. The van der Waals surface area contributed by atoms with E-state index >= 15 is 0 Å². The molecule has 0 atom stereocenters. The van der Waals surface area contributed by atoms with E-state index < -0.39 is 0 Å². The van der Waals surface area contributed by atoms with Crippen LogP contribution in [0.25, 0.3) is 6.08 Å². The van der Waals surface area contributed by atoms with Crippen molar-refractivity contribution in [2.75, 3.05) is 31.1 Å². The lowest BCUT2D eigenvalue weighted by Gasteiger charge is -2.39. The second kappa shape index (κ2) is 7.90. The Bertz CT molecular complexity index is 899. The van der Waals surface area contributed by atoms with Crippen LogP contribution in [0.3, 0.4) is 0 Å². The van der Waals surface area contributed by atoms with E-state index in [1.54, 1.807) is 6.92 Å². The highest BCUT2D eigenvalue weighted by atomic mass is 35.5. The van der Waals surface area contributed by atoms with Crippen molar-refractivity contribution in [3.05, 3.63) is 69.7 Å². The number of nitrogens with zero attached hydrogens (tertiary/aromatic N) is 2. The molecule has 1 spiro atoms. The Morgan fingerprint density at radius 1 is 1.07 bits per heavy atom. The van der Waals surface area contributed by atoms with Crippen LogP contribution in [-0.4, -0.2) is 37.0 Å². The van der Waals surface area contributed by atoms with Crippen molar-refractivity contribution in [2.45, 2.75) is 25.2 Å². The molecular formula is C23H24Cl2N2O. The molecule has 0 aromatic heterocycles. The first-order chi connectivity index (χ1) is 13.5. The molecular weight excluding hydrogens is 391 g/mol. The van der Waals surface area contributed by atoms with E-state index in [1.165, 1.54) is 5.56 Å². The molecule has 0 aliphatic carbocycles. The van der Waals surface area contributed by atoms with Crippen molar-refractivity contribution in [3.63, 3.8) is 0 Å². The third-order valence-corrected chi connectivity index (χ3v) is 6.51. The van der Waals surface area contributed by atoms with Gasteiger partial charge in [0.1, 0.15) is 0 Å². The van der Waals surface area contributed by atoms with E-state index in [0.29, 0.717) is 0 Å². The number of carbonyl (C=O) groups is 1. The Kier molecular flexibility index (Phi) is 5.50. The van der Waals surface area contributed by atoms with Gasteiger partial charge in [0.25, 0.3) is 0 Å². The minimum absolute atomic E-state index is 0.0301. The van der Waals surface area contributed by atoms with Gasteiger partial charge in [-0.05, 0) is 67.4 Å². The number of anilines is 1. The Balaban J connectivity index is 1.43. The lowest BCUT2D eigenvalue weighted by molar-refractivity contribution is -0.116. The first-order valence-electron chi connectivity index (χ1n) is 9.69. The topological polar surface area (TPSA) is 23.6 Å². The summed E-state index contributed by atoms with van der Waals surface area (Å²) in [4.78, 5) is 16.5. The largest absolute Gasteiger partial charge is 0.311 e. The maximum absolute atomic E-state index is 12.1. The summed E-state index contributed by atoms with van der Waals surface area (Å²) >= 11 is 12.2. The van der Waals surface area contributed by atoms with E-state index in [9.17, 15) is 4.79 Å². The molecule has 2 aliphatic rings. The fraction of sp³-hybridized carbons (Fsp3) is 0.348. The van der Waals surface area contributed by atoms with E-state index in [1.807, 2.05) is 41.3 Å². The molecule has 2 heterocycles. The number of piperidine rings is 1. The smallest absolute Gasteiger partial charge is 0.223 e. The molecule has 0 unspecified atom stereocenters. The van der Waals surface area contributed by atoms with E-state index in [2.05, 4.69) is 23.1 Å². The van der Waals surface area contributed by atoms with Gasteiger partial charge >= 0.3 is 0 Å². The summed E-state index contributed by atoms with van der Waals surface area (Å²) in [5, 5.41) is 1.51. The van der Waals surface area contributed by atoms with Crippen LogP contribution in [0.1, 0.15) is 30.9 Å². The fourth-order valence-corrected chi connectivity index (χ4v) is 4.72. The standard InChI is InChI=1S/C23H24Cl2N2O/c1-17(28)27-16-23(21-15-20(25)8-9-22(21)27)10-13-26(14-11-23)12-2-3-18-4-6-19(24)7-5-18/h2-9,15H,10-14,16H2,1H3/b3-2+. The molecule has 2 aromatic rings. The summed E-state index contributed by atoms with van der Waals surface area (Å²) in [7, 11) is 0. The zero-order valence-corrected chi connectivity index (χ0v) is 17.5. The van der Waals surface area contributed by atoms with Gasteiger partial charge in [-0.3, -0.25) is 9.69 Å². The van der Waals surface area contributed by atoms with E-state index in [0.717, 1.165) is 60.3 Å². The van der Waals surface area contributed by atoms with Gasteiger partial charge in [0.15, 0.2) is 0 Å². The number of amides is 1. The van der Waals surface area contributed by atoms with Gasteiger partial charge in [-0.15, -0.1) is 0 Å². The van der Waals surface area contributed by atoms with Crippen molar-refractivity contribution in [1.29, 1.82) is 0 Å². The molecule has 2 aromatic carbocycles. The van der Waals surface area contributed by atoms with Gasteiger partial charge in [-0.25, -0.2) is 0 Å². The Hall–Kier alpha value is -1.81. The summed E-state index contributed by atoms with van der Waals surface area (Å²) in [6, 6.07) is 13.8. The van der Waals surface area contributed by atoms with Crippen molar-refractivity contribution in [1.82, 2.24) is 4.90 Å². The minimum atomic E-state index is 0.0301. The molecule has 0 N–H and O–H groups in total. The maximum atomic E-state index is 12.1. The summed E-state index contributed by atoms with van der Waals surface area (Å²) in [5.41, 5.74) is 3.47. The van der Waals surface area contributed by atoms with Crippen molar-refractivity contribution < 1.29 is 4.79 Å². The molecule has 5 heteroatoms. The zero-order chi connectivity index (χ0) is 19.7. The molecule has 0 saturated carbocycles. The second-order valence-electron chi connectivity index (χ2n) is 7.80. The highest BCUT2D eigenvalue weighted by Crippen LogP contribution is 2.47. The predicted octanol–water partition coefficient (Wildman–Crippen LogP) is 5.41. The Morgan fingerprint density at radius 3 is 2.43 bits per heavy atom. The summed E-state index contributed by atoms with van der Waals surface area (Å²) in [5.74, 6) is 0.105. The lowest BCUT2D eigenvalue weighted by atomic mass is 9.74. The van der Waals surface area contributed by atoms with Crippen molar-refractivity contribution >= 4 is 40.9 Å². The average molecular weight is 415 g/mol. The number of likely N-dealkylation sites (tertiary alicyclic amines) is 1. The van der Waals surface area contributed by atoms with Gasteiger partial charge in [0.05, 0.1) is 0 Å². The lowest BCUT2D eigenvalue weighted by Crippen LogP contribution is -2.45. The number of fused-ring (bicyclic) bond motifs is 2.